The van der Waals surface area contributed by atoms with Crippen LogP contribution in [0.15, 0.2) is 36.7 Å². The molecular formula is C20H24N6O2. The average molecular weight is 380 g/mol. The van der Waals surface area contributed by atoms with Gasteiger partial charge in [-0.05, 0) is 26.0 Å². The number of carbonyl (C=O) groups is 1. The zero-order chi connectivity index (χ0) is 19.7. The zero-order valence-corrected chi connectivity index (χ0v) is 16.4. The Morgan fingerprint density at radius 2 is 2.07 bits per heavy atom. The Kier molecular flexibility index (Phi) is 4.85. The van der Waals surface area contributed by atoms with Gasteiger partial charge in [0.2, 0.25) is 0 Å². The fourth-order valence-corrected chi connectivity index (χ4v) is 3.64. The van der Waals surface area contributed by atoms with Crippen molar-refractivity contribution in [2.75, 3.05) is 6.54 Å². The normalized spacial score (nSPS) is 14.6. The molecule has 2 aromatic heterocycles. The molecule has 1 unspecified atom stereocenters. The van der Waals surface area contributed by atoms with Crippen LogP contribution < -0.4 is 4.74 Å². The molecule has 0 bridgehead atoms. The van der Waals surface area contributed by atoms with Crippen LogP contribution in [0.4, 0.5) is 0 Å². The lowest BCUT2D eigenvalue weighted by atomic mass is 10.0. The minimum Gasteiger partial charge on any atom is -0.481 e. The highest BCUT2D eigenvalue weighted by atomic mass is 16.5. The van der Waals surface area contributed by atoms with Gasteiger partial charge >= 0.3 is 0 Å². The number of ether oxygens (including phenoxy) is 1. The van der Waals surface area contributed by atoms with E-state index in [0.717, 1.165) is 35.7 Å². The van der Waals surface area contributed by atoms with Gasteiger partial charge in [-0.1, -0.05) is 18.2 Å². The molecule has 0 aliphatic carbocycles. The van der Waals surface area contributed by atoms with E-state index < -0.39 is 6.10 Å². The van der Waals surface area contributed by atoms with Crippen molar-refractivity contribution in [1.82, 2.24) is 29.4 Å². The van der Waals surface area contributed by atoms with Crippen LogP contribution in [-0.4, -0.2) is 48.0 Å². The van der Waals surface area contributed by atoms with Gasteiger partial charge < -0.3 is 14.2 Å². The van der Waals surface area contributed by atoms with Crippen LogP contribution in [0.5, 0.6) is 5.75 Å². The Balaban J connectivity index is 1.56. The highest BCUT2D eigenvalue weighted by Gasteiger charge is 2.31. The third-order valence-electron chi connectivity index (χ3n) is 5.13. The summed E-state index contributed by atoms with van der Waals surface area (Å²) in [5.41, 5.74) is 2.98. The second-order valence-corrected chi connectivity index (χ2v) is 6.92. The Hall–Kier alpha value is -3.16. The molecule has 146 valence electrons. The van der Waals surface area contributed by atoms with Crippen molar-refractivity contribution in [1.29, 1.82) is 0 Å². The van der Waals surface area contributed by atoms with Crippen LogP contribution in [-0.2, 0) is 31.4 Å². The molecule has 0 N–H and O–H groups in total. The van der Waals surface area contributed by atoms with Crippen molar-refractivity contribution in [3.05, 3.63) is 47.9 Å². The van der Waals surface area contributed by atoms with E-state index in [1.165, 1.54) is 0 Å². The van der Waals surface area contributed by atoms with Crippen molar-refractivity contribution in [2.45, 2.75) is 39.5 Å². The molecule has 4 rings (SSSR count). The highest BCUT2D eigenvalue weighted by Crippen LogP contribution is 2.29. The molecule has 0 spiro atoms. The minimum atomic E-state index is -0.552. The first-order valence-electron chi connectivity index (χ1n) is 9.52. The van der Waals surface area contributed by atoms with Crippen LogP contribution in [0.2, 0.25) is 0 Å². The lowest BCUT2D eigenvalue weighted by molar-refractivity contribution is -0.138. The number of carbonyl (C=O) groups excluding carboxylic acids is 1. The summed E-state index contributed by atoms with van der Waals surface area (Å²) < 4.78 is 9.68. The summed E-state index contributed by atoms with van der Waals surface area (Å²) in [7, 11) is 1.94. The topological polar surface area (TPSA) is 78.1 Å². The van der Waals surface area contributed by atoms with Crippen molar-refractivity contribution in [3.8, 4) is 17.3 Å². The van der Waals surface area contributed by atoms with E-state index in [9.17, 15) is 4.79 Å². The molecule has 1 atom stereocenters. The quantitative estimate of drug-likeness (QED) is 0.677. The van der Waals surface area contributed by atoms with Gasteiger partial charge in [-0.15, -0.1) is 10.2 Å². The number of fused-ring (bicyclic) bond motifs is 1. The number of aryl methyl sites for hydroxylation is 2. The maximum atomic E-state index is 13.0. The van der Waals surface area contributed by atoms with Gasteiger partial charge in [-0.25, -0.2) is 0 Å². The van der Waals surface area contributed by atoms with E-state index >= 15 is 0 Å². The van der Waals surface area contributed by atoms with Gasteiger partial charge in [0, 0.05) is 44.4 Å². The molecule has 3 heterocycles. The summed E-state index contributed by atoms with van der Waals surface area (Å²) in [6.07, 6.45) is 1.91. The molecule has 3 aromatic rings. The molecule has 1 aliphatic rings. The first kappa shape index (κ1) is 18.2. The molecule has 0 saturated heterocycles. The molecule has 0 saturated carbocycles. The van der Waals surface area contributed by atoms with E-state index in [2.05, 4.69) is 15.3 Å². The standard InChI is InChI=1S/C20H24N6O2/c1-4-25-13-21-22-19(25)18-16-12-26(11-10-17(16)24(3)23-18)20(27)14(2)28-15-8-6-5-7-9-15/h5-9,13-14H,4,10-12H2,1-3H3. The van der Waals surface area contributed by atoms with Crippen molar-refractivity contribution < 1.29 is 9.53 Å². The van der Waals surface area contributed by atoms with Gasteiger partial charge in [0.25, 0.3) is 5.91 Å². The molecule has 8 nitrogen and oxygen atoms in total. The zero-order valence-electron chi connectivity index (χ0n) is 16.4. The summed E-state index contributed by atoms with van der Waals surface area (Å²) in [6.45, 7) is 5.74. The fourth-order valence-electron chi connectivity index (χ4n) is 3.64. The number of para-hydroxylation sites is 1. The van der Waals surface area contributed by atoms with Gasteiger partial charge in [0.15, 0.2) is 11.9 Å². The Bertz CT molecular complexity index is 978. The van der Waals surface area contributed by atoms with Gasteiger partial charge in [-0.2, -0.15) is 5.10 Å². The van der Waals surface area contributed by atoms with Gasteiger partial charge in [0.1, 0.15) is 17.8 Å². The van der Waals surface area contributed by atoms with Crippen LogP contribution >= 0.6 is 0 Å². The molecule has 1 aromatic carbocycles. The number of benzene rings is 1. The largest absolute Gasteiger partial charge is 0.481 e. The number of aromatic nitrogens is 5. The Morgan fingerprint density at radius 3 is 2.82 bits per heavy atom. The Morgan fingerprint density at radius 1 is 1.29 bits per heavy atom. The summed E-state index contributed by atoms with van der Waals surface area (Å²) in [5, 5.41) is 12.9. The molecule has 1 aliphatic heterocycles. The second kappa shape index (κ2) is 7.46. The maximum absolute atomic E-state index is 13.0. The van der Waals surface area contributed by atoms with E-state index in [-0.39, 0.29) is 5.91 Å². The third-order valence-corrected chi connectivity index (χ3v) is 5.13. The van der Waals surface area contributed by atoms with Crippen LogP contribution in [0.25, 0.3) is 11.5 Å². The number of amides is 1. The lowest BCUT2D eigenvalue weighted by Crippen LogP contribution is -2.43. The molecule has 0 radical (unpaired) electrons. The highest BCUT2D eigenvalue weighted by molar-refractivity contribution is 5.81. The van der Waals surface area contributed by atoms with E-state index in [1.807, 2.05) is 58.5 Å². The fraction of sp³-hybridized carbons (Fsp3) is 0.400. The molecule has 8 heteroatoms. The van der Waals surface area contributed by atoms with Crippen molar-refractivity contribution in [3.63, 3.8) is 0 Å². The Labute approximate surface area is 163 Å². The first-order chi connectivity index (χ1) is 13.6. The summed E-state index contributed by atoms with van der Waals surface area (Å²) in [5.74, 6) is 1.41. The van der Waals surface area contributed by atoms with Crippen LogP contribution in [0.3, 0.4) is 0 Å². The van der Waals surface area contributed by atoms with E-state index in [4.69, 9.17) is 4.74 Å². The maximum Gasteiger partial charge on any atom is 0.263 e. The second-order valence-electron chi connectivity index (χ2n) is 6.92. The smallest absolute Gasteiger partial charge is 0.263 e. The first-order valence-corrected chi connectivity index (χ1v) is 9.52. The molecule has 0 fully saturated rings. The van der Waals surface area contributed by atoms with Gasteiger partial charge in [-0.3, -0.25) is 9.48 Å². The molecular weight excluding hydrogens is 356 g/mol. The lowest BCUT2D eigenvalue weighted by Gasteiger charge is -2.30. The van der Waals surface area contributed by atoms with Gasteiger partial charge in [0.05, 0.1) is 0 Å². The van der Waals surface area contributed by atoms with E-state index in [1.54, 1.807) is 13.3 Å². The average Bonchev–Trinajstić information content (AvgIpc) is 3.32. The third kappa shape index (κ3) is 3.26. The predicted molar refractivity (Wildman–Crippen MR) is 104 cm³/mol. The number of hydrogen-bond acceptors (Lipinski definition) is 5. The molecule has 28 heavy (non-hydrogen) atoms. The van der Waals surface area contributed by atoms with Crippen LogP contribution in [0.1, 0.15) is 25.1 Å². The number of hydrogen-bond donors (Lipinski definition) is 0. The number of nitrogens with zero attached hydrogens (tertiary/aromatic N) is 6. The van der Waals surface area contributed by atoms with Crippen LogP contribution in [0, 0.1) is 0 Å². The summed E-state index contributed by atoms with van der Waals surface area (Å²) in [4.78, 5) is 14.8. The van der Waals surface area contributed by atoms with E-state index in [0.29, 0.717) is 18.8 Å². The monoisotopic (exact) mass is 380 g/mol. The SMILES string of the molecule is CCn1cnnc1-c1nn(C)c2c1CN(C(=O)C(C)Oc1ccccc1)CC2. The van der Waals surface area contributed by atoms with Crippen molar-refractivity contribution >= 4 is 5.91 Å². The van der Waals surface area contributed by atoms with Crippen molar-refractivity contribution in [2.24, 2.45) is 7.05 Å². The minimum absolute atomic E-state index is 0.0266. The number of rotatable bonds is 5. The predicted octanol–water partition coefficient (Wildman–Crippen LogP) is 2.05. The molecule has 1 amide bonds. The summed E-state index contributed by atoms with van der Waals surface area (Å²) >= 11 is 0. The summed E-state index contributed by atoms with van der Waals surface area (Å²) in [6, 6.07) is 9.42.